The molecule has 0 amide bonds. The molecule has 0 saturated heterocycles. The molecular weight excluding hydrogens is 166 g/mol. The van der Waals surface area contributed by atoms with Gasteiger partial charge < -0.3 is 10.5 Å². The molecule has 0 aliphatic carbocycles. The van der Waals surface area contributed by atoms with E-state index in [4.69, 9.17) is 5.73 Å². The van der Waals surface area contributed by atoms with Crippen LogP contribution in [0.5, 0.6) is 0 Å². The Kier molecular flexibility index (Phi) is 2.27. The predicted molar refractivity (Wildman–Crippen MR) is 41.1 cm³/mol. The number of rotatable bonds is 3. The van der Waals surface area contributed by atoms with Crippen LogP contribution in [0.1, 0.15) is 11.0 Å². The van der Waals surface area contributed by atoms with Crippen LogP contribution >= 0.6 is 11.3 Å². The van der Waals surface area contributed by atoms with Crippen molar-refractivity contribution in [3.63, 3.8) is 0 Å². The number of aldehydes is 1. The van der Waals surface area contributed by atoms with Gasteiger partial charge in [0.25, 0.3) is 0 Å². The fraction of sp³-hybridized carbons (Fsp3) is 0.200. The van der Waals surface area contributed by atoms with Crippen molar-refractivity contribution >= 4 is 23.4 Å². The minimum absolute atomic E-state index is 0.306. The van der Waals surface area contributed by atoms with Crippen LogP contribution in [0, 0.1) is 4.91 Å². The number of aromatic nitrogens is 1. The van der Waals surface area contributed by atoms with Crippen LogP contribution in [0.4, 0.5) is 5.82 Å². The number of hydrogen-bond acceptors (Lipinski definition) is 6. The molecule has 1 unspecified atom stereocenters. The first kappa shape index (κ1) is 7.80. The second-order valence-electron chi connectivity index (χ2n) is 1.80. The normalized spacial score (nSPS) is 12.4. The molecular formula is C5H5N3O2S. The van der Waals surface area contributed by atoms with Crippen LogP contribution in [0.3, 0.4) is 0 Å². The minimum Gasteiger partial charge on any atom is -0.383 e. The Labute approximate surface area is 66.2 Å². The van der Waals surface area contributed by atoms with Gasteiger partial charge in [0, 0.05) is 5.38 Å². The summed E-state index contributed by atoms with van der Waals surface area (Å²) in [6.07, 6.45) is 0.436. The number of nitrogens with zero attached hydrogens (tertiary/aromatic N) is 2. The van der Waals surface area contributed by atoms with Gasteiger partial charge in [-0.2, -0.15) is 0 Å². The van der Waals surface area contributed by atoms with E-state index >= 15 is 0 Å². The van der Waals surface area contributed by atoms with Gasteiger partial charge in [-0.25, -0.2) is 4.98 Å². The average molecular weight is 171 g/mol. The molecule has 0 saturated carbocycles. The van der Waals surface area contributed by atoms with Crippen LogP contribution in [0.2, 0.25) is 0 Å². The number of nitrogens with two attached hydrogens (primary N) is 1. The van der Waals surface area contributed by atoms with E-state index < -0.39 is 6.04 Å². The van der Waals surface area contributed by atoms with E-state index in [0.717, 1.165) is 11.3 Å². The summed E-state index contributed by atoms with van der Waals surface area (Å²) in [5.41, 5.74) is 5.27. The zero-order valence-electron chi connectivity index (χ0n) is 5.43. The van der Waals surface area contributed by atoms with Crippen molar-refractivity contribution in [3.05, 3.63) is 15.3 Å². The molecule has 2 N–H and O–H groups in total. The summed E-state index contributed by atoms with van der Waals surface area (Å²) in [6.45, 7) is 0. The zero-order chi connectivity index (χ0) is 8.27. The molecule has 1 heterocycles. The van der Waals surface area contributed by atoms with Crippen LogP contribution in [-0.4, -0.2) is 11.3 Å². The van der Waals surface area contributed by atoms with E-state index in [1.54, 1.807) is 5.38 Å². The largest absolute Gasteiger partial charge is 0.383 e. The maximum atomic E-state index is 10.2. The lowest BCUT2D eigenvalue weighted by Gasteiger charge is -1.91. The molecule has 5 nitrogen and oxygen atoms in total. The number of carbonyl (C=O) groups is 1. The van der Waals surface area contributed by atoms with E-state index in [9.17, 15) is 9.70 Å². The summed E-state index contributed by atoms with van der Waals surface area (Å²) in [4.78, 5) is 23.9. The van der Waals surface area contributed by atoms with Gasteiger partial charge in [-0.3, -0.25) is 0 Å². The van der Waals surface area contributed by atoms with Crippen LogP contribution in [-0.2, 0) is 4.79 Å². The summed E-state index contributed by atoms with van der Waals surface area (Å²) in [5, 5.41) is 4.46. The Hall–Kier alpha value is -1.30. The highest BCUT2D eigenvalue weighted by molar-refractivity contribution is 7.10. The maximum absolute atomic E-state index is 10.2. The van der Waals surface area contributed by atoms with Gasteiger partial charge in [-0.1, -0.05) is 5.18 Å². The molecule has 11 heavy (non-hydrogen) atoms. The first-order valence-corrected chi connectivity index (χ1v) is 3.64. The third-order valence-corrected chi connectivity index (χ3v) is 1.97. The monoisotopic (exact) mass is 171 g/mol. The fourth-order valence-electron chi connectivity index (χ4n) is 0.565. The summed E-state index contributed by atoms with van der Waals surface area (Å²) >= 11 is 1.15. The molecule has 0 bridgehead atoms. The second-order valence-corrected chi connectivity index (χ2v) is 2.69. The number of nitrogen functional groups attached to an aromatic ring is 1. The standard InChI is InChI=1S/C5H5N3O2S/c6-4-2-11-5(7-4)3(1-9)8-10/h1-3H,6H2. The molecule has 0 spiro atoms. The number of anilines is 1. The molecule has 1 aromatic heterocycles. The molecule has 1 aromatic rings. The predicted octanol–water partition coefficient (Wildman–Crippen LogP) is 0.732. The first-order valence-electron chi connectivity index (χ1n) is 2.76. The Bertz CT molecular complexity index is 264. The van der Waals surface area contributed by atoms with Gasteiger partial charge in [0.05, 0.1) is 0 Å². The Morgan fingerprint density at radius 3 is 2.91 bits per heavy atom. The molecule has 0 fully saturated rings. The highest BCUT2D eigenvalue weighted by Gasteiger charge is 2.13. The number of hydrogen-bond donors (Lipinski definition) is 1. The highest BCUT2D eigenvalue weighted by Crippen LogP contribution is 2.20. The van der Waals surface area contributed by atoms with E-state index in [0.29, 0.717) is 17.1 Å². The van der Waals surface area contributed by atoms with Crippen molar-refractivity contribution < 1.29 is 4.79 Å². The summed E-state index contributed by atoms with van der Waals surface area (Å²) < 4.78 is 0. The Balaban J connectivity index is 2.89. The summed E-state index contributed by atoms with van der Waals surface area (Å²) in [5.74, 6) is 0.306. The van der Waals surface area contributed by atoms with E-state index in [1.807, 2.05) is 0 Å². The van der Waals surface area contributed by atoms with Crippen LogP contribution in [0.15, 0.2) is 10.6 Å². The fourth-order valence-corrected chi connectivity index (χ4v) is 1.26. The van der Waals surface area contributed by atoms with Crippen molar-refractivity contribution in [1.82, 2.24) is 4.98 Å². The average Bonchev–Trinajstić information content (AvgIpc) is 2.39. The topological polar surface area (TPSA) is 85.4 Å². The van der Waals surface area contributed by atoms with Gasteiger partial charge in [0.1, 0.15) is 10.8 Å². The van der Waals surface area contributed by atoms with Crippen molar-refractivity contribution in [2.24, 2.45) is 5.18 Å². The molecule has 0 aliphatic rings. The number of carbonyl (C=O) groups excluding carboxylic acids is 1. The van der Waals surface area contributed by atoms with E-state index in [1.165, 1.54) is 0 Å². The van der Waals surface area contributed by atoms with Crippen molar-refractivity contribution in [2.45, 2.75) is 6.04 Å². The molecule has 1 atom stereocenters. The molecule has 6 heteroatoms. The van der Waals surface area contributed by atoms with Gasteiger partial charge in [-0.15, -0.1) is 16.2 Å². The number of nitroso groups, excluding NO2 is 1. The maximum Gasteiger partial charge on any atom is 0.198 e. The van der Waals surface area contributed by atoms with Crippen LogP contribution < -0.4 is 5.73 Å². The summed E-state index contributed by atoms with van der Waals surface area (Å²) in [6, 6.07) is -1.00. The van der Waals surface area contributed by atoms with Crippen molar-refractivity contribution in [2.75, 3.05) is 5.73 Å². The summed E-state index contributed by atoms with van der Waals surface area (Å²) in [7, 11) is 0. The van der Waals surface area contributed by atoms with E-state index in [2.05, 4.69) is 10.2 Å². The minimum atomic E-state index is -1.00. The molecule has 0 aromatic carbocycles. The third kappa shape index (κ3) is 1.58. The van der Waals surface area contributed by atoms with Crippen LogP contribution in [0.25, 0.3) is 0 Å². The van der Waals surface area contributed by atoms with Crippen molar-refractivity contribution in [1.29, 1.82) is 0 Å². The third-order valence-electron chi connectivity index (χ3n) is 1.04. The smallest absolute Gasteiger partial charge is 0.198 e. The Morgan fingerprint density at radius 2 is 2.55 bits per heavy atom. The first-order chi connectivity index (χ1) is 5.27. The molecule has 0 aliphatic heterocycles. The van der Waals surface area contributed by atoms with Crippen molar-refractivity contribution in [3.8, 4) is 0 Å². The number of thiazole rings is 1. The zero-order valence-corrected chi connectivity index (χ0v) is 6.25. The molecule has 58 valence electrons. The van der Waals surface area contributed by atoms with E-state index in [-0.39, 0.29) is 0 Å². The highest BCUT2D eigenvalue weighted by atomic mass is 32.1. The SMILES string of the molecule is Nc1csc(C(C=O)N=O)n1. The lowest BCUT2D eigenvalue weighted by molar-refractivity contribution is -0.108. The lowest BCUT2D eigenvalue weighted by Crippen LogP contribution is -1.95. The molecule has 0 radical (unpaired) electrons. The molecule has 1 rings (SSSR count). The second kappa shape index (κ2) is 3.20. The van der Waals surface area contributed by atoms with Gasteiger partial charge >= 0.3 is 0 Å². The lowest BCUT2D eigenvalue weighted by atomic mass is 10.4. The quantitative estimate of drug-likeness (QED) is 0.536. The van der Waals surface area contributed by atoms with Gasteiger partial charge in [-0.05, 0) is 0 Å². The Morgan fingerprint density at radius 1 is 1.82 bits per heavy atom. The van der Waals surface area contributed by atoms with Gasteiger partial charge in [0.15, 0.2) is 12.3 Å². The van der Waals surface area contributed by atoms with Gasteiger partial charge in [0.2, 0.25) is 0 Å².